The zero-order chi connectivity index (χ0) is 6.69. The van der Waals surface area contributed by atoms with Gasteiger partial charge in [-0.05, 0) is 13.0 Å². The average molecular weight is 142 g/mol. The van der Waals surface area contributed by atoms with E-state index in [2.05, 4.69) is 24.7 Å². The Morgan fingerprint density at radius 2 is 2.56 bits per heavy atom. The van der Waals surface area contributed by atoms with Gasteiger partial charge < -0.3 is 0 Å². The van der Waals surface area contributed by atoms with E-state index in [-0.39, 0.29) is 0 Å². The lowest BCUT2D eigenvalue weighted by Crippen LogP contribution is -1.99. The third kappa shape index (κ3) is 1.27. The van der Waals surface area contributed by atoms with Crippen LogP contribution in [0.2, 0.25) is 0 Å². The molecule has 0 amide bonds. The molecule has 1 aromatic rings. The summed E-state index contributed by atoms with van der Waals surface area (Å²) in [7, 11) is 0. The van der Waals surface area contributed by atoms with Crippen LogP contribution in [-0.4, -0.2) is 9.78 Å². The Hall–Kier alpha value is -0.440. The third-order valence-electron chi connectivity index (χ3n) is 1.27. The predicted molar refractivity (Wildman–Crippen MR) is 40.6 cm³/mol. The van der Waals surface area contributed by atoms with Crippen LogP contribution in [0.25, 0.3) is 0 Å². The van der Waals surface area contributed by atoms with E-state index in [4.69, 9.17) is 0 Å². The number of nitrogens with zero attached hydrogens (tertiary/aromatic N) is 2. The maximum Gasteiger partial charge on any atom is 0.0492 e. The van der Waals surface area contributed by atoms with Gasteiger partial charge >= 0.3 is 0 Å². The van der Waals surface area contributed by atoms with Crippen LogP contribution in [0.5, 0.6) is 0 Å². The second kappa shape index (κ2) is 2.92. The summed E-state index contributed by atoms with van der Waals surface area (Å²) >= 11 is 4.14. The summed E-state index contributed by atoms with van der Waals surface area (Å²) in [6, 6.07) is 1.98. The van der Waals surface area contributed by atoms with Gasteiger partial charge in [-0.25, -0.2) is 0 Å². The van der Waals surface area contributed by atoms with Crippen molar-refractivity contribution in [3.63, 3.8) is 0 Å². The van der Waals surface area contributed by atoms with Crippen LogP contribution < -0.4 is 0 Å². The number of aromatic nitrogens is 2. The molecule has 0 N–H and O–H groups in total. The third-order valence-corrected chi connectivity index (χ3v) is 1.59. The van der Waals surface area contributed by atoms with Gasteiger partial charge in [0.25, 0.3) is 0 Å². The molecule has 0 aliphatic heterocycles. The number of thiol groups is 1. The van der Waals surface area contributed by atoms with E-state index in [1.54, 1.807) is 6.20 Å². The molecule has 0 bridgehead atoms. The van der Waals surface area contributed by atoms with Gasteiger partial charge in [-0.2, -0.15) is 17.7 Å². The first-order valence-electron chi connectivity index (χ1n) is 3.00. The topological polar surface area (TPSA) is 17.8 Å². The minimum absolute atomic E-state index is 0.772. The van der Waals surface area contributed by atoms with Gasteiger partial charge in [-0.1, -0.05) is 0 Å². The van der Waals surface area contributed by atoms with Crippen LogP contribution >= 0.6 is 12.6 Å². The van der Waals surface area contributed by atoms with Crippen molar-refractivity contribution >= 4 is 12.6 Å². The molecular formula is C6H10N2S. The highest BCUT2D eigenvalue weighted by Gasteiger charge is 1.94. The Morgan fingerprint density at radius 3 is 3.00 bits per heavy atom. The Labute approximate surface area is 60.3 Å². The van der Waals surface area contributed by atoms with E-state index in [0.717, 1.165) is 12.3 Å². The number of rotatable bonds is 2. The van der Waals surface area contributed by atoms with Crippen LogP contribution in [0.4, 0.5) is 0 Å². The number of hydrogen-bond acceptors (Lipinski definition) is 2. The highest BCUT2D eigenvalue weighted by Crippen LogP contribution is 2.00. The Morgan fingerprint density at radius 1 is 1.78 bits per heavy atom. The molecule has 1 heterocycles. The molecule has 0 unspecified atom stereocenters. The van der Waals surface area contributed by atoms with E-state index in [9.17, 15) is 0 Å². The van der Waals surface area contributed by atoms with Crippen molar-refractivity contribution in [2.45, 2.75) is 19.2 Å². The number of aryl methyl sites for hydroxylation is 1. The maximum absolute atomic E-state index is 4.14. The van der Waals surface area contributed by atoms with E-state index in [1.807, 2.05) is 10.7 Å². The van der Waals surface area contributed by atoms with Crippen molar-refractivity contribution in [3.05, 3.63) is 18.0 Å². The molecule has 50 valence electrons. The van der Waals surface area contributed by atoms with Crippen molar-refractivity contribution in [1.82, 2.24) is 9.78 Å². The first-order valence-corrected chi connectivity index (χ1v) is 3.63. The molecule has 9 heavy (non-hydrogen) atoms. The molecule has 0 aromatic carbocycles. The predicted octanol–water partition coefficient (Wildman–Crippen LogP) is 1.33. The van der Waals surface area contributed by atoms with E-state index in [1.165, 1.54) is 5.69 Å². The molecule has 0 radical (unpaired) electrons. The Kier molecular flexibility index (Phi) is 2.16. The summed E-state index contributed by atoms with van der Waals surface area (Å²) in [5.41, 5.74) is 1.18. The number of hydrogen-bond donors (Lipinski definition) is 1. The summed E-state index contributed by atoms with van der Waals surface area (Å²) in [6.45, 7) is 3.00. The molecule has 2 nitrogen and oxygen atoms in total. The van der Waals surface area contributed by atoms with Crippen LogP contribution in [0.3, 0.4) is 0 Å². The van der Waals surface area contributed by atoms with E-state index >= 15 is 0 Å². The van der Waals surface area contributed by atoms with Gasteiger partial charge in [0.1, 0.15) is 0 Å². The van der Waals surface area contributed by atoms with Gasteiger partial charge in [0.2, 0.25) is 0 Å². The van der Waals surface area contributed by atoms with Gasteiger partial charge in [0.15, 0.2) is 0 Å². The molecular weight excluding hydrogens is 132 g/mol. The minimum Gasteiger partial charge on any atom is -0.269 e. The largest absolute Gasteiger partial charge is 0.269 e. The maximum atomic E-state index is 4.14. The van der Waals surface area contributed by atoms with Crippen LogP contribution in [0.15, 0.2) is 12.3 Å². The molecule has 0 fully saturated rings. The first kappa shape index (κ1) is 6.68. The molecule has 0 saturated carbocycles. The quantitative estimate of drug-likeness (QED) is 0.617. The molecule has 0 spiro atoms. The Balaban J connectivity index is 2.85. The lowest BCUT2D eigenvalue weighted by Gasteiger charge is -1.98. The van der Waals surface area contributed by atoms with Crippen molar-refractivity contribution in [2.75, 3.05) is 0 Å². The average Bonchev–Trinajstić information content (AvgIpc) is 2.33. The summed E-state index contributed by atoms with van der Waals surface area (Å²) in [5, 5.41) is 4.07. The van der Waals surface area contributed by atoms with Gasteiger partial charge in [-0.15, -0.1) is 0 Å². The second-order valence-electron chi connectivity index (χ2n) is 1.80. The molecule has 1 aromatic heterocycles. The van der Waals surface area contributed by atoms with Crippen LogP contribution in [0.1, 0.15) is 12.6 Å². The lowest BCUT2D eigenvalue weighted by atomic mass is 10.5. The SMILES string of the molecule is CCn1nccc1CS. The highest BCUT2D eigenvalue weighted by atomic mass is 32.1. The van der Waals surface area contributed by atoms with Crippen molar-refractivity contribution < 1.29 is 0 Å². The Bertz CT molecular complexity index is 164. The first-order chi connectivity index (χ1) is 4.38. The van der Waals surface area contributed by atoms with Gasteiger partial charge in [0.05, 0.1) is 0 Å². The zero-order valence-corrected chi connectivity index (χ0v) is 6.30. The fraction of sp³-hybridized carbons (Fsp3) is 0.500. The molecule has 1 rings (SSSR count). The summed E-state index contributed by atoms with van der Waals surface area (Å²) < 4.78 is 1.94. The minimum atomic E-state index is 0.772. The molecule has 0 atom stereocenters. The molecule has 0 aliphatic carbocycles. The zero-order valence-electron chi connectivity index (χ0n) is 5.41. The van der Waals surface area contributed by atoms with E-state index in [0.29, 0.717) is 0 Å². The normalized spacial score (nSPS) is 10.0. The molecule has 3 heteroatoms. The van der Waals surface area contributed by atoms with Crippen LogP contribution in [-0.2, 0) is 12.3 Å². The smallest absolute Gasteiger partial charge is 0.0492 e. The van der Waals surface area contributed by atoms with E-state index < -0.39 is 0 Å². The lowest BCUT2D eigenvalue weighted by molar-refractivity contribution is 0.637. The monoisotopic (exact) mass is 142 g/mol. The summed E-state index contributed by atoms with van der Waals surface area (Å²) in [6.07, 6.45) is 1.80. The fourth-order valence-electron chi connectivity index (χ4n) is 0.779. The molecule has 0 aliphatic rings. The standard InChI is InChI=1S/C6H10N2S/c1-2-8-6(5-9)3-4-7-8/h3-4,9H,2,5H2,1H3. The van der Waals surface area contributed by atoms with Crippen molar-refractivity contribution in [3.8, 4) is 0 Å². The highest BCUT2D eigenvalue weighted by molar-refractivity contribution is 7.79. The van der Waals surface area contributed by atoms with Gasteiger partial charge in [0, 0.05) is 24.2 Å². The summed E-state index contributed by atoms with van der Waals surface area (Å²) in [4.78, 5) is 0. The van der Waals surface area contributed by atoms with Crippen LogP contribution in [0, 0.1) is 0 Å². The van der Waals surface area contributed by atoms with Crippen molar-refractivity contribution in [2.24, 2.45) is 0 Å². The molecule has 0 saturated heterocycles. The van der Waals surface area contributed by atoms with Crippen molar-refractivity contribution in [1.29, 1.82) is 0 Å². The second-order valence-corrected chi connectivity index (χ2v) is 2.11. The van der Waals surface area contributed by atoms with Gasteiger partial charge in [-0.3, -0.25) is 4.68 Å². The fourth-order valence-corrected chi connectivity index (χ4v) is 1.05. The summed E-state index contributed by atoms with van der Waals surface area (Å²) in [5.74, 6) is 0.772.